The maximum Gasteiger partial charge on any atom is 0.271 e. The zero-order valence-electron chi connectivity index (χ0n) is 11.3. The van der Waals surface area contributed by atoms with E-state index in [0.717, 1.165) is 6.42 Å². The van der Waals surface area contributed by atoms with Gasteiger partial charge < -0.3 is 10.7 Å². The summed E-state index contributed by atoms with van der Waals surface area (Å²) in [6.45, 7) is 0.578. The number of hydrogen-bond donors (Lipinski definition) is 3. The number of nitrogen functional groups attached to an aromatic ring is 1. The van der Waals surface area contributed by atoms with Crippen molar-refractivity contribution < 1.29 is 4.79 Å². The van der Waals surface area contributed by atoms with E-state index in [1.54, 1.807) is 12.1 Å². The minimum Gasteiger partial charge on any atom is -0.350 e. The molecule has 108 valence electrons. The molecule has 21 heavy (non-hydrogen) atoms. The Balaban J connectivity index is 1.66. The molecule has 0 fully saturated rings. The van der Waals surface area contributed by atoms with Gasteiger partial charge in [-0.1, -0.05) is 35.9 Å². The summed E-state index contributed by atoms with van der Waals surface area (Å²) in [4.78, 5) is 16.2. The SMILES string of the molecule is NNc1ccc(Cl)c(C(=O)NCC2Cc3ccccc32)n1. The van der Waals surface area contributed by atoms with E-state index in [2.05, 4.69) is 27.9 Å². The van der Waals surface area contributed by atoms with Crippen molar-refractivity contribution in [2.75, 3.05) is 12.0 Å². The molecular formula is C15H15ClN4O. The van der Waals surface area contributed by atoms with Crippen LogP contribution in [0.4, 0.5) is 5.82 Å². The fourth-order valence-corrected chi connectivity index (χ4v) is 2.72. The van der Waals surface area contributed by atoms with E-state index in [-0.39, 0.29) is 11.6 Å². The second-order valence-electron chi connectivity index (χ2n) is 4.98. The molecule has 4 N–H and O–H groups in total. The van der Waals surface area contributed by atoms with E-state index in [1.807, 2.05) is 12.1 Å². The van der Waals surface area contributed by atoms with Crippen LogP contribution in [0.5, 0.6) is 0 Å². The summed E-state index contributed by atoms with van der Waals surface area (Å²) in [6, 6.07) is 11.5. The van der Waals surface area contributed by atoms with Crippen molar-refractivity contribution in [3.05, 3.63) is 58.2 Å². The second-order valence-corrected chi connectivity index (χ2v) is 5.39. The van der Waals surface area contributed by atoms with Gasteiger partial charge in [-0.05, 0) is 29.7 Å². The van der Waals surface area contributed by atoms with Gasteiger partial charge in [0.2, 0.25) is 0 Å². The molecule has 1 amide bonds. The first-order valence-corrected chi connectivity index (χ1v) is 7.06. The molecule has 1 atom stereocenters. The van der Waals surface area contributed by atoms with Crippen LogP contribution in [0.15, 0.2) is 36.4 Å². The van der Waals surface area contributed by atoms with Crippen molar-refractivity contribution >= 4 is 23.3 Å². The number of hydrazine groups is 1. The van der Waals surface area contributed by atoms with Crippen molar-refractivity contribution in [3.63, 3.8) is 0 Å². The summed E-state index contributed by atoms with van der Waals surface area (Å²) in [5.41, 5.74) is 5.23. The average Bonchev–Trinajstić information content (AvgIpc) is 2.48. The molecule has 0 radical (unpaired) electrons. The number of hydrogen-bond acceptors (Lipinski definition) is 4. The second kappa shape index (κ2) is 5.71. The lowest BCUT2D eigenvalue weighted by Crippen LogP contribution is -2.33. The first-order valence-electron chi connectivity index (χ1n) is 6.68. The number of anilines is 1. The molecule has 0 saturated carbocycles. The molecule has 6 heteroatoms. The summed E-state index contributed by atoms with van der Waals surface area (Å²) >= 11 is 6.00. The first-order chi connectivity index (χ1) is 10.2. The Morgan fingerprint density at radius 2 is 2.14 bits per heavy atom. The van der Waals surface area contributed by atoms with Crippen LogP contribution >= 0.6 is 11.6 Å². The molecule has 2 aromatic rings. The molecule has 1 heterocycles. The quantitative estimate of drug-likeness (QED) is 0.597. The molecule has 1 aromatic carbocycles. The number of halogens is 1. The van der Waals surface area contributed by atoms with E-state index >= 15 is 0 Å². The number of carbonyl (C=O) groups is 1. The van der Waals surface area contributed by atoms with Gasteiger partial charge in [-0.2, -0.15) is 0 Å². The maximum absolute atomic E-state index is 12.2. The third kappa shape index (κ3) is 2.70. The van der Waals surface area contributed by atoms with Gasteiger partial charge in [-0.3, -0.25) is 4.79 Å². The van der Waals surface area contributed by atoms with Gasteiger partial charge in [0.1, 0.15) is 11.5 Å². The Hall–Kier alpha value is -2.11. The van der Waals surface area contributed by atoms with Crippen molar-refractivity contribution in [1.82, 2.24) is 10.3 Å². The van der Waals surface area contributed by atoms with E-state index in [0.29, 0.717) is 23.3 Å². The summed E-state index contributed by atoms with van der Waals surface area (Å²) < 4.78 is 0. The molecule has 1 aliphatic rings. The fraction of sp³-hybridized carbons (Fsp3) is 0.200. The van der Waals surface area contributed by atoms with Crippen LogP contribution in [-0.4, -0.2) is 17.4 Å². The highest BCUT2D eigenvalue weighted by Crippen LogP contribution is 2.34. The molecule has 1 unspecified atom stereocenters. The zero-order chi connectivity index (χ0) is 14.8. The summed E-state index contributed by atoms with van der Waals surface area (Å²) in [7, 11) is 0. The molecule has 3 rings (SSSR count). The number of amides is 1. The molecule has 0 bridgehead atoms. The number of benzene rings is 1. The summed E-state index contributed by atoms with van der Waals surface area (Å²) in [5, 5.41) is 3.19. The Bertz CT molecular complexity index is 689. The zero-order valence-corrected chi connectivity index (χ0v) is 12.0. The van der Waals surface area contributed by atoms with Crippen molar-refractivity contribution in [2.24, 2.45) is 5.84 Å². The topological polar surface area (TPSA) is 80.0 Å². The first kappa shape index (κ1) is 13.9. The molecule has 1 aliphatic carbocycles. The van der Waals surface area contributed by atoms with E-state index < -0.39 is 0 Å². The normalized spacial score (nSPS) is 15.8. The molecule has 5 nitrogen and oxygen atoms in total. The molecule has 1 aromatic heterocycles. The third-order valence-corrected chi connectivity index (χ3v) is 3.98. The Morgan fingerprint density at radius 1 is 1.33 bits per heavy atom. The largest absolute Gasteiger partial charge is 0.350 e. The molecule has 0 spiro atoms. The number of aromatic nitrogens is 1. The Morgan fingerprint density at radius 3 is 2.90 bits per heavy atom. The van der Waals surface area contributed by atoms with Gasteiger partial charge in [-0.25, -0.2) is 10.8 Å². The van der Waals surface area contributed by atoms with Crippen LogP contribution in [0, 0.1) is 0 Å². The summed E-state index contributed by atoms with van der Waals surface area (Å²) in [5.74, 6) is 5.76. The molecule has 0 saturated heterocycles. The number of nitrogens with one attached hydrogen (secondary N) is 2. The number of fused-ring (bicyclic) bond motifs is 1. The number of rotatable bonds is 4. The highest BCUT2D eigenvalue weighted by Gasteiger charge is 2.26. The number of nitrogens with two attached hydrogens (primary N) is 1. The minimum absolute atomic E-state index is 0.180. The third-order valence-electron chi connectivity index (χ3n) is 3.68. The van der Waals surface area contributed by atoms with Crippen molar-refractivity contribution in [1.29, 1.82) is 0 Å². The standard InChI is InChI=1S/C15H15ClN4O/c16-12-5-6-13(20-17)19-14(12)15(21)18-8-10-7-9-3-1-2-4-11(9)10/h1-6,10H,7-8,17H2,(H,18,21)(H,19,20). The summed E-state index contributed by atoms with van der Waals surface area (Å²) in [6.07, 6.45) is 0.988. The predicted octanol–water partition coefficient (Wildman–Crippen LogP) is 2.09. The van der Waals surface area contributed by atoms with Crippen LogP contribution in [0.25, 0.3) is 0 Å². The predicted molar refractivity (Wildman–Crippen MR) is 82.3 cm³/mol. The average molecular weight is 303 g/mol. The lowest BCUT2D eigenvalue weighted by molar-refractivity contribution is 0.0945. The van der Waals surface area contributed by atoms with E-state index in [1.165, 1.54) is 11.1 Å². The van der Waals surface area contributed by atoms with Crippen LogP contribution in [0.1, 0.15) is 27.5 Å². The lowest BCUT2D eigenvalue weighted by Gasteiger charge is -2.30. The maximum atomic E-state index is 12.2. The number of carbonyl (C=O) groups excluding carboxylic acids is 1. The van der Waals surface area contributed by atoms with Crippen LogP contribution in [0.3, 0.4) is 0 Å². The highest BCUT2D eigenvalue weighted by atomic mass is 35.5. The van der Waals surface area contributed by atoms with Gasteiger partial charge >= 0.3 is 0 Å². The smallest absolute Gasteiger partial charge is 0.271 e. The Kier molecular flexibility index (Phi) is 3.77. The van der Waals surface area contributed by atoms with Gasteiger partial charge in [0.05, 0.1) is 5.02 Å². The van der Waals surface area contributed by atoms with Crippen molar-refractivity contribution in [3.8, 4) is 0 Å². The molecule has 0 aliphatic heterocycles. The fourth-order valence-electron chi connectivity index (χ4n) is 2.53. The van der Waals surface area contributed by atoms with Crippen molar-refractivity contribution in [2.45, 2.75) is 12.3 Å². The van der Waals surface area contributed by atoms with Gasteiger partial charge in [0, 0.05) is 12.5 Å². The Labute approximate surface area is 127 Å². The van der Waals surface area contributed by atoms with Gasteiger partial charge in [-0.15, -0.1) is 0 Å². The van der Waals surface area contributed by atoms with E-state index in [9.17, 15) is 4.79 Å². The number of nitrogens with zero attached hydrogens (tertiary/aromatic N) is 1. The van der Waals surface area contributed by atoms with Crippen LogP contribution in [0.2, 0.25) is 5.02 Å². The number of pyridine rings is 1. The monoisotopic (exact) mass is 302 g/mol. The minimum atomic E-state index is -0.290. The van der Waals surface area contributed by atoms with Gasteiger partial charge in [0.15, 0.2) is 0 Å². The van der Waals surface area contributed by atoms with Gasteiger partial charge in [0.25, 0.3) is 5.91 Å². The highest BCUT2D eigenvalue weighted by molar-refractivity contribution is 6.33. The molecular weight excluding hydrogens is 288 g/mol. The van der Waals surface area contributed by atoms with Crippen LogP contribution < -0.4 is 16.6 Å². The van der Waals surface area contributed by atoms with Crippen LogP contribution in [-0.2, 0) is 6.42 Å². The lowest BCUT2D eigenvalue weighted by atomic mass is 9.77. The van der Waals surface area contributed by atoms with E-state index in [4.69, 9.17) is 17.4 Å².